The summed E-state index contributed by atoms with van der Waals surface area (Å²) in [6.45, 7) is 2.78. The zero-order valence-corrected chi connectivity index (χ0v) is 17.3. The van der Waals surface area contributed by atoms with E-state index >= 15 is 0 Å². The highest BCUT2D eigenvalue weighted by Crippen LogP contribution is 2.28. The van der Waals surface area contributed by atoms with Gasteiger partial charge in [-0.05, 0) is 36.6 Å². The van der Waals surface area contributed by atoms with Crippen LogP contribution in [0.1, 0.15) is 6.42 Å². The van der Waals surface area contributed by atoms with Gasteiger partial charge in [-0.3, -0.25) is 9.69 Å². The first-order valence-electron chi connectivity index (χ1n) is 9.62. The average molecular weight is 427 g/mol. The lowest BCUT2D eigenvalue weighted by Crippen LogP contribution is -2.44. The minimum atomic E-state index is -0.586. The summed E-state index contributed by atoms with van der Waals surface area (Å²) in [5.41, 5.74) is 6.75. The second kappa shape index (κ2) is 10.1. The van der Waals surface area contributed by atoms with Crippen LogP contribution in [0.25, 0.3) is 0 Å². The summed E-state index contributed by atoms with van der Waals surface area (Å²) in [5, 5.41) is 2.72. The van der Waals surface area contributed by atoms with Crippen molar-refractivity contribution >= 4 is 35.1 Å². The standard InChI is InChI=1S/C19H27FN4O4S/c1-29-9-4-16(21)18(25)22-11-14-12-24(19(26)28-14)13-2-3-17(15(20)10-13)23-5-7-27-8-6-23/h2-3,10,14,16H,4-9,11-12,21H2,1H3,(H,22,25)/t14-,16?/m0/s1. The molecule has 0 aliphatic carbocycles. The molecule has 0 aromatic heterocycles. The van der Waals surface area contributed by atoms with E-state index in [-0.39, 0.29) is 19.0 Å². The Balaban J connectivity index is 1.56. The molecule has 10 heteroatoms. The Morgan fingerprint density at radius 1 is 1.41 bits per heavy atom. The van der Waals surface area contributed by atoms with Gasteiger partial charge < -0.3 is 25.4 Å². The number of nitrogens with zero attached hydrogens (tertiary/aromatic N) is 2. The number of cyclic esters (lactones) is 1. The number of anilines is 2. The largest absolute Gasteiger partial charge is 0.442 e. The Labute approximate surface area is 173 Å². The Morgan fingerprint density at radius 3 is 2.86 bits per heavy atom. The van der Waals surface area contributed by atoms with Crippen LogP contribution in [-0.2, 0) is 14.3 Å². The van der Waals surface area contributed by atoms with Gasteiger partial charge in [0.1, 0.15) is 11.9 Å². The monoisotopic (exact) mass is 426 g/mol. The third-order valence-electron chi connectivity index (χ3n) is 4.94. The predicted octanol–water partition coefficient (Wildman–Crippen LogP) is 1.18. The van der Waals surface area contributed by atoms with Crippen molar-refractivity contribution in [2.75, 3.05) is 61.2 Å². The van der Waals surface area contributed by atoms with E-state index in [1.54, 1.807) is 23.9 Å². The van der Waals surface area contributed by atoms with Gasteiger partial charge in [0.25, 0.3) is 0 Å². The first-order chi connectivity index (χ1) is 14.0. The van der Waals surface area contributed by atoms with Crippen molar-refractivity contribution in [1.82, 2.24) is 5.32 Å². The van der Waals surface area contributed by atoms with Gasteiger partial charge in [-0.15, -0.1) is 0 Å². The number of carbonyl (C=O) groups excluding carboxylic acids is 2. The lowest BCUT2D eigenvalue weighted by Gasteiger charge is -2.29. The van der Waals surface area contributed by atoms with Crippen molar-refractivity contribution in [3.63, 3.8) is 0 Å². The van der Waals surface area contributed by atoms with Crippen LogP contribution in [0.15, 0.2) is 18.2 Å². The maximum atomic E-state index is 14.6. The number of nitrogens with two attached hydrogens (primary N) is 1. The van der Waals surface area contributed by atoms with Gasteiger partial charge >= 0.3 is 6.09 Å². The molecular formula is C19H27FN4O4S. The molecule has 0 bridgehead atoms. The summed E-state index contributed by atoms with van der Waals surface area (Å²) < 4.78 is 25.2. The van der Waals surface area contributed by atoms with E-state index < -0.39 is 24.1 Å². The van der Waals surface area contributed by atoms with Gasteiger partial charge in [-0.2, -0.15) is 11.8 Å². The van der Waals surface area contributed by atoms with Gasteiger partial charge in [0.05, 0.1) is 43.7 Å². The molecule has 3 N–H and O–H groups in total. The maximum absolute atomic E-state index is 14.6. The number of amides is 2. The van der Waals surface area contributed by atoms with Crippen molar-refractivity contribution in [2.24, 2.45) is 5.73 Å². The summed E-state index contributed by atoms with van der Waals surface area (Å²) in [7, 11) is 0. The van der Waals surface area contributed by atoms with Crippen molar-refractivity contribution in [3.05, 3.63) is 24.0 Å². The number of benzene rings is 1. The lowest BCUT2D eigenvalue weighted by atomic mass is 10.2. The molecule has 3 rings (SSSR count). The minimum absolute atomic E-state index is 0.169. The highest BCUT2D eigenvalue weighted by atomic mass is 32.2. The van der Waals surface area contributed by atoms with Crippen molar-refractivity contribution < 1.29 is 23.5 Å². The van der Waals surface area contributed by atoms with Crippen LogP contribution in [0, 0.1) is 5.82 Å². The van der Waals surface area contributed by atoms with Crippen molar-refractivity contribution in [2.45, 2.75) is 18.6 Å². The van der Waals surface area contributed by atoms with E-state index in [0.29, 0.717) is 44.1 Å². The number of nitrogens with one attached hydrogen (secondary N) is 1. The van der Waals surface area contributed by atoms with Crippen LogP contribution in [0.5, 0.6) is 0 Å². The molecule has 160 valence electrons. The fourth-order valence-corrected chi connectivity index (χ4v) is 3.77. The number of halogens is 1. The molecule has 2 aliphatic rings. The third-order valence-corrected chi connectivity index (χ3v) is 5.59. The van der Waals surface area contributed by atoms with E-state index in [2.05, 4.69) is 5.32 Å². The van der Waals surface area contributed by atoms with Gasteiger partial charge in [-0.1, -0.05) is 0 Å². The number of morpholine rings is 1. The van der Waals surface area contributed by atoms with Crippen molar-refractivity contribution in [1.29, 1.82) is 0 Å². The zero-order valence-electron chi connectivity index (χ0n) is 16.4. The first kappa shape index (κ1) is 21.7. The lowest BCUT2D eigenvalue weighted by molar-refractivity contribution is -0.122. The second-order valence-electron chi connectivity index (χ2n) is 6.98. The quantitative estimate of drug-likeness (QED) is 0.644. The molecule has 8 nitrogen and oxygen atoms in total. The number of ether oxygens (including phenoxy) is 2. The van der Waals surface area contributed by atoms with Crippen LogP contribution in [-0.4, -0.2) is 75.5 Å². The molecule has 1 unspecified atom stereocenters. The molecule has 29 heavy (non-hydrogen) atoms. The number of hydrogen-bond donors (Lipinski definition) is 2. The van der Waals surface area contributed by atoms with Crippen LogP contribution in [0.4, 0.5) is 20.6 Å². The minimum Gasteiger partial charge on any atom is -0.442 e. The van der Waals surface area contributed by atoms with Gasteiger partial charge in [0.2, 0.25) is 5.91 Å². The fraction of sp³-hybridized carbons (Fsp3) is 0.579. The maximum Gasteiger partial charge on any atom is 0.414 e. The summed E-state index contributed by atoms with van der Waals surface area (Å²) in [4.78, 5) is 27.5. The number of thioether (sulfide) groups is 1. The van der Waals surface area contributed by atoms with Crippen molar-refractivity contribution in [3.8, 4) is 0 Å². The van der Waals surface area contributed by atoms with Crippen LogP contribution in [0.2, 0.25) is 0 Å². The Kier molecular flexibility index (Phi) is 7.57. The summed E-state index contributed by atoms with van der Waals surface area (Å²) >= 11 is 1.62. The highest BCUT2D eigenvalue weighted by Gasteiger charge is 2.33. The number of rotatable bonds is 8. The Morgan fingerprint density at radius 2 is 2.17 bits per heavy atom. The molecule has 1 aromatic rings. The van der Waals surface area contributed by atoms with E-state index in [9.17, 15) is 14.0 Å². The predicted molar refractivity (Wildman–Crippen MR) is 111 cm³/mol. The molecule has 0 saturated carbocycles. The molecule has 2 aliphatic heterocycles. The average Bonchev–Trinajstić information content (AvgIpc) is 3.11. The first-order valence-corrected chi connectivity index (χ1v) is 11.0. The van der Waals surface area contributed by atoms with Gasteiger partial charge in [0.15, 0.2) is 0 Å². The SMILES string of the molecule is CSCCC(N)C(=O)NC[C@H]1CN(c2ccc(N3CCOCC3)c(F)c2)C(=O)O1. The fourth-order valence-electron chi connectivity index (χ4n) is 3.28. The molecule has 0 radical (unpaired) electrons. The molecule has 2 saturated heterocycles. The van der Waals surface area contributed by atoms with Crippen LogP contribution >= 0.6 is 11.8 Å². The number of carbonyl (C=O) groups is 2. The third kappa shape index (κ3) is 5.52. The molecule has 2 amide bonds. The normalized spacial score (nSPS) is 20.5. The summed E-state index contributed by atoms with van der Waals surface area (Å²) in [6, 6.07) is 4.13. The summed E-state index contributed by atoms with van der Waals surface area (Å²) in [6.07, 6.45) is 1.46. The van der Waals surface area contributed by atoms with E-state index in [1.165, 1.54) is 11.0 Å². The second-order valence-corrected chi connectivity index (χ2v) is 7.97. The molecule has 2 heterocycles. The molecular weight excluding hydrogens is 399 g/mol. The Hall–Kier alpha value is -2.04. The Bertz CT molecular complexity index is 732. The molecule has 2 atom stereocenters. The van der Waals surface area contributed by atoms with E-state index in [1.807, 2.05) is 11.2 Å². The van der Waals surface area contributed by atoms with E-state index in [4.69, 9.17) is 15.2 Å². The topological polar surface area (TPSA) is 97.1 Å². The highest BCUT2D eigenvalue weighted by molar-refractivity contribution is 7.98. The van der Waals surface area contributed by atoms with E-state index in [0.717, 1.165) is 5.75 Å². The van der Waals surface area contributed by atoms with Crippen LogP contribution < -0.4 is 20.9 Å². The van der Waals surface area contributed by atoms with Gasteiger partial charge in [0, 0.05) is 13.1 Å². The van der Waals surface area contributed by atoms with Crippen LogP contribution in [0.3, 0.4) is 0 Å². The van der Waals surface area contributed by atoms with Gasteiger partial charge in [-0.25, -0.2) is 9.18 Å². The smallest absolute Gasteiger partial charge is 0.414 e. The zero-order chi connectivity index (χ0) is 20.8. The molecule has 2 fully saturated rings. The molecule has 0 spiro atoms. The molecule has 1 aromatic carbocycles. The number of hydrogen-bond acceptors (Lipinski definition) is 7. The summed E-state index contributed by atoms with van der Waals surface area (Å²) in [5.74, 6) is 0.135.